The molecule has 10 nitrogen and oxygen atoms in total. The number of benzene rings is 1. The Morgan fingerprint density at radius 2 is 1.91 bits per heavy atom. The average molecular weight is 521 g/mol. The van der Waals surface area contributed by atoms with Crippen molar-refractivity contribution in [3.63, 3.8) is 0 Å². The number of halogens is 1. The lowest BCUT2D eigenvalue weighted by atomic mass is 9.57. The van der Waals surface area contributed by atoms with Crippen LogP contribution in [0.5, 0.6) is 5.75 Å². The molecular weight excluding hydrogens is 500 g/mol. The van der Waals surface area contributed by atoms with Gasteiger partial charge in [0.25, 0.3) is 5.91 Å². The molecule has 1 saturated carbocycles. The molecule has 0 saturated heterocycles. The lowest BCUT2D eigenvalue weighted by molar-refractivity contribution is -0.153. The first-order chi connectivity index (χ1) is 15.4. The van der Waals surface area contributed by atoms with Crippen LogP contribution in [0.15, 0.2) is 27.4 Å². The summed E-state index contributed by atoms with van der Waals surface area (Å²) in [7, 11) is 3.06. The second-order valence-electron chi connectivity index (χ2n) is 8.73. The second kappa shape index (κ2) is 7.51. The van der Waals surface area contributed by atoms with Gasteiger partial charge in [0.05, 0.1) is 17.2 Å². The first-order valence-electron chi connectivity index (χ1n) is 10.0. The molecule has 0 aliphatic heterocycles. The summed E-state index contributed by atoms with van der Waals surface area (Å²) in [6.45, 7) is 0. The van der Waals surface area contributed by atoms with Crippen molar-refractivity contribution >= 4 is 45.4 Å². The Morgan fingerprint density at radius 3 is 2.45 bits per heavy atom. The van der Waals surface area contributed by atoms with Crippen molar-refractivity contribution in [2.45, 2.75) is 24.5 Å². The molecule has 1 aromatic carbocycles. The number of primary amides is 1. The highest BCUT2D eigenvalue weighted by molar-refractivity contribution is 9.10. The van der Waals surface area contributed by atoms with Gasteiger partial charge in [0.15, 0.2) is 17.7 Å². The number of aromatic hydroxyl groups is 1. The van der Waals surface area contributed by atoms with Crippen molar-refractivity contribution in [3.8, 4) is 5.75 Å². The molecule has 1 aromatic rings. The van der Waals surface area contributed by atoms with E-state index in [4.69, 9.17) is 5.73 Å². The number of rotatable bonds is 3. The summed E-state index contributed by atoms with van der Waals surface area (Å²) in [5, 5.41) is 43.8. The van der Waals surface area contributed by atoms with Crippen LogP contribution < -0.4 is 5.73 Å². The summed E-state index contributed by atoms with van der Waals surface area (Å²) in [4.78, 5) is 51.3. The predicted octanol–water partition coefficient (Wildman–Crippen LogP) is 0.539. The Balaban J connectivity index is 2.01. The molecule has 1 amide bonds. The smallest absolute Gasteiger partial charge is 0.255 e. The summed E-state index contributed by atoms with van der Waals surface area (Å²) in [5.74, 6) is -7.35. The summed E-state index contributed by atoms with van der Waals surface area (Å²) in [6, 6.07) is 0.248. The fraction of sp³-hybridized carbons (Fsp3) is 0.364. The van der Waals surface area contributed by atoms with Gasteiger partial charge in [-0.2, -0.15) is 0 Å². The van der Waals surface area contributed by atoms with Crippen molar-refractivity contribution in [2.24, 2.45) is 17.6 Å². The lowest BCUT2D eigenvalue weighted by Crippen LogP contribution is -2.65. The Labute approximate surface area is 196 Å². The van der Waals surface area contributed by atoms with Crippen molar-refractivity contribution in [1.82, 2.24) is 4.90 Å². The first-order valence-corrected chi connectivity index (χ1v) is 10.8. The van der Waals surface area contributed by atoms with Crippen molar-refractivity contribution in [1.29, 1.82) is 0 Å². The molecule has 0 aromatic heterocycles. The van der Waals surface area contributed by atoms with Crippen LogP contribution in [0.3, 0.4) is 0 Å². The number of amides is 1. The van der Waals surface area contributed by atoms with E-state index >= 15 is 0 Å². The molecule has 1 fully saturated rings. The third kappa shape index (κ3) is 2.92. The van der Waals surface area contributed by atoms with E-state index in [0.717, 1.165) is 0 Å². The molecule has 33 heavy (non-hydrogen) atoms. The number of hydrogen-bond acceptors (Lipinski definition) is 9. The van der Waals surface area contributed by atoms with Gasteiger partial charge in [0.1, 0.15) is 22.8 Å². The molecule has 0 radical (unpaired) electrons. The molecule has 0 heterocycles. The Bertz CT molecular complexity index is 1220. The maximum absolute atomic E-state index is 13.6. The number of nitrogens with two attached hydrogens (primary N) is 1. The van der Waals surface area contributed by atoms with Crippen molar-refractivity contribution in [3.05, 3.63) is 44.1 Å². The minimum Gasteiger partial charge on any atom is -0.508 e. The zero-order valence-electron chi connectivity index (χ0n) is 17.6. The predicted molar refractivity (Wildman–Crippen MR) is 117 cm³/mol. The van der Waals surface area contributed by atoms with Crippen LogP contribution >= 0.6 is 15.9 Å². The zero-order valence-corrected chi connectivity index (χ0v) is 19.2. The molecule has 0 spiro atoms. The summed E-state index contributed by atoms with van der Waals surface area (Å²) >= 11 is 3.33. The number of fused-ring (bicyclic) bond motifs is 3. The Hall–Kier alpha value is -3.02. The van der Waals surface area contributed by atoms with Crippen molar-refractivity contribution < 1.29 is 39.6 Å². The van der Waals surface area contributed by atoms with Gasteiger partial charge in [-0.05, 0) is 44.5 Å². The number of aliphatic hydroxyl groups is 3. The average Bonchev–Trinajstić information content (AvgIpc) is 2.72. The van der Waals surface area contributed by atoms with Crippen LogP contribution in [-0.4, -0.2) is 74.8 Å². The van der Waals surface area contributed by atoms with Gasteiger partial charge >= 0.3 is 0 Å². The maximum Gasteiger partial charge on any atom is 0.255 e. The highest BCUT2D eigenvalue weighted by atomic mass is 79.9. The molecule has 11 heteroatoms. The van der Waals surface area contributed by atoms with Gasteiger partial charge < -0.3 is 26.2 Å². The van der Waals surface area contributed by atoms with E-state index in [9.17, 15) is 39.6 Å². The van der Waals surface area contributed by atoms with Gasteiger partial charge in [-0.3, -0.25) is 24.1 Å². The van der Waals surface area contributed by atoms with Gasteiger partial charge in [-0.25, -0.2) is 0 Å². The second-order valence-corrected chi connectivity index (χ2v) is 9.58. The number of aliphatic hydroxyl groups excluding tert-OH is 2. The van der Waals surface area contributed by atoms with Gasteiger partial charge in [-0.1, -0.05) is 15.9 Å². The minimum absolute atomic E-state index is 0.00556. The monoisotopic (exact) mass is 520 g/mol. The number of carbonyl (C=O) groups is 4. The van der Waals surface area contributed by atoms with E-state index in [1.54, 1.807) is 0 Å². The number of ketones is 2. The molecule has 174 valence electrons. The number of likely N-dealkylation sites (N-methyl/N-ethyl adjacent to an activating group) is 1. The highest BCUT2D eigenvalue weighted by Crippen LogP contribution is 2.53. The maximum atomic E-state index is 13.6. The number of aldehydes is 1. The fourth-order valence-electron chi connectivity index (χ4n) is 5.38. The number of nitrogens with zero attached hydrogens (tertiary/aromatic N) is 1. The molecule has 0 unspecified atom stereocenters. The quantitative estimate of drug-likeness (QED) is 0.280. The van der Waals surface area contributed by atoms with Gasteiger partial charge in [0, 0.05) is 16.0 Å². The molecule has 3 aliphatic rings. The number of phenols is 1. The number of hydrogen-bond donors (Lipinski definition) is 5. The van der Waals surface area contributed by atoms with Crippen LogP contribution in [0.2, 0.25) is 0 Å². The third-order valence-electron chi connectivity index (χ3n) is 6.82. The number of Topliss-reactive ketones (excluding diaryl/α,β-unsaturated/α-hetero) is 2. The van der Waals surface area contributed by atoms with Crippen LogP contribution in [-0.2, 0) is 20.8 Å². The van der Waals surface area contributed by atoms with E-state index in [2.05, 4.69) is 15.9 Å². The van der Waals surface area contributed by atoms with Crippen LogP contribution in [0.25, 0.3) is 5.76 Å². The Morgan fingerprint density at radius 1 is 1.27 bits per heavy atom. The number of phenolic OH excluding ortho intramolecular Hbond substituents is 1. The van der Waals surface area contributed by atoms with E-state index in [1.807, 2.05) is 0 Å². The summed E-state index contributed by atoms with van der Waals surface area (Å²) in [5.41, 5.74) is 1.63. The van der Waals surface area contributed by atoms with Crippen molar-refractivity contribution in [2.75, 3.05) is 14.1 Å². The highest BCUT2D eigenvalue weighted by Gasteiger charge is 2.64. The topological polar surface area (TPSA) is 178 Å². The van der Waals surface area contributed by atoms with Gasteiger partial charge in [-0.15, -0.1) is 0 Å². The minimum atomic E-state index is -2.69. The molecule has 3 aliphatic carbocycles. The van der Waals surface area contributed by atoms with E-state index in [1.165, 1.54) is 25.1 Å². The largest absolute Gasteiger partial charge is 0.508 e. The van der Waals surface area contributed by atoms with E-state index < -0.39 is 63.8 Å². The van der Waals surface area contributed by atoms with Crippen LogP contribution in [0.1, 0.15) is 27.9 Å². The fourth-order valence-corrected chi connectivity index (χ4v) is 5.98. The van der Waals surface area contributed by atoms with Crippen LogP contribution in [0, 0.1) is 11.8 Å². The summed E-state index contributed by atoms with van der Waals surface area (Å²) in [6.07, 6.45) is 0.523. The molecular formula is C22H21BrN2O8. The molecule has 0 bridgehead atoms. The standard InChI is InChI=1S/C22H21BrN2O8/c1-25(2)15-10-4-7-3-9-11(23)5-8(6-26)16(27)13(9)17(28)12(7)19(30)22(10,33)20(31)14(18(15)29)21(24)32/h5-7,10,15,27-28,31,33H,3-4H2,1-2H3,(H2,24,32)/t7-,10-,15-,22-/m0/s1. The SMILES string of the molecule is CN(C)[C@@H]1C(=O)C(C(N)=O)=C(O)[C@@]2(O)C(=O)C3=C(O)c4c(O)c(C=O)cc(Br)c4C[C@H]3C[C@@H]12. The van der Waals surface area contributed by atoms with Gasteiger partial charge in [0.2, 0.25) is 5.78 Å². The normalized spacial score (nSPS) is 29.1. The molecule has 4 rings (SSSR count). The molecule has 4 atom stereocenters. The molecule has 6 N–H and O–H groups in total. The summed E-state index contributed by atoms with van der Waals surface area (Å²) < 4.78 is 0.430. The van der Waals surface area contributed by atoms with Crippen LogP contribution in [0.4, 0.5) is 0 Å². The Kier molecular flexibility index (Phi) is 5.26. The zero-order chi connectivity index (χ0) is 24.6. The number of carbonyl (C=O) groups excluding carboxylic acids is 4. The third-order valence-corrected chi connectivity index (χ3v) is 7.53. The lowest BCUT2D eigenvalue weighted by Gasteiger charge is -2.50. The van der Waals surface area contributed by atoms with E-state index in [0.29, 0.717) is 16.3 Å². The van der Waals surface area contributed by atoms with E-state index in [-0.39, 0.29) is 29.5 Å². The first kappa shape index (κ1) is 23.1.